The topological polar surface area (TPSA) is 42.7 Å². The fourth-order valence-electron chi connectivity index (χ4n) is 2.53. The van der Waals surface area contributed by atoms with Crippen molar-refractivity contribution in [3.05, 3.63) is 42.5 Å². The first-order valence-electron chi connectivity index (χ1n) is 6.58. The van der Waals surface area contributed by atoms with Crippen molar-refractivity contribution in [2.24, 2.45) is 5.92 Å². The molecule has 2 heterocycles. The van der Waals surface area contributed by atoms with Gasteiger partial charge in [0, 0.05) is 12.1 Å². The minimum Gasteiger partial charge on any atom is -0.316 e. The summed E-state index contributed by atoms with van der Waals surface area (Å²) in [4.78, 5) is 0. The number of para-hydroxylation sites is 1. The maximum atomic E-state index is 4.25. The summed E-state index contributed by atoms with van der Waals surface area (Å²) in [5.41, 5.74) is 1.14. The molecular weight excluding hydrogens is 224 g/mol. The molecule has 1 aromatic heterocycles. The highest BCUT2D eigenvalue weighted by Gasteiger charge is 2.15. The van der Waals surface area contributed by atoms with E-state index in [0.717, 1.165) is 36.9 Å². The Kier molecular flexibility index (Phi) is 3.37. The Morgan fingerprint density at radius 3 is 2.94 bits per heavy atom. The van der Waals surface area contributed by atoms with Crippen LogP contribution in [0.25, 0.3) is 5.69 Å². The maximum absolute atomic E-state index is 4.25. The van der Waals surface area contributed by atoms with Crippen molar-refractivity contribution in [1.82, 2.24) is 20.1 Å². The van der Waals surface area contributed by atoms with E-state index < -0.39 is 0 Å². The van der Waals surface area contributed by atoms with Crippen molar-refractivity contribution in [3.63, 3.8) is 0 Å². The van der Waals surface area contributed by atoms with Crippen molar-refractivity contribution in [2.75, 3.05) is 13.1 Å². The minimum absolute atomic E-state index is 0.797. The first-order chi connectivity index (χ1) is 8.93. The molecule has 1 atom stereocenters. The summed E-state index contributed by atoms with van der Waals surface area (Å²) in [6, 6.07) is 10.3. The monoisotopic (exact) mass is 242 g/mol. The first-order valence-corrected chi connectivity index (χ1v) is 6.58. The second kappa shape index (κ2) is 5.31. The van der Waals surface area contributed by atoms with E-state index in [-0.39, 0.29) is 0 Å². The summed E-state index contributed by atoms with van der Waals surface area (Å²) in [5.74, 6) is 1.86. The number of hydrogen-bond acceptors (Lipinski definition) is 3. The van der Waals surface area contributed by atoms with Gasteiger partial charge in [-0.2, -0.15) is 0 Å². The molecule has 4 nitrogen and oxygen atoms in total. The van der Waals surface area contributed by atoms with Gasteiger partial charge in [0.05, 0.1) is 0 Å². The standard InChI is InChI=1S/C14H18N4/c1-2-4-13(5-3-1)18-11-16-17-14(18)7-6-12-8-9-15-10-12/h1-5,11-12,15H,6-10H2. The van der Waals surface area contributed by atoms with Crippen molar-refractivity contribution in [2.45, 2.75) is 19.3 Å². The lowest BCUT2D eigenvalue weighted by Crippen LogP contribution is -2.10. The van der Waals surface area contributed by atoms with Crippen LogP contribution in [0, 0.1) is 5.92 Å². The molecule has 0 saturated carbocycles. The molecule has 1 unspecified atom stereocenters. The maximum Gasteiger partial charge on any atom is 0.137 e. The highest BCUT2D eigenvalue weighted by Crippen LogP contribution is 2.16. The highest BCUT2D eigenvalue weighted by molar-refractivity contribution is 5.31. The van der Waals surface area contributed by atoms with Crippen molar-refractivity contribution < 1.29 is 0 Å². The van der Waals surface area contributed by atoms with Gasteiger partial charge < -0.3 is 5.32 Å². The molecule has 0 aliphatic carbocycles. The van der Waals surface area contributed by atoms with Crippen LogP contribution < -0.4 is 5.32 Å². The Balaban J connectivity index is 1.71. The number of rotatable bonds is 4. The van der Waals surface area contributed by atoms with Crippen LogP contribution in [-0.4, -0.2) is 27.9 Å². The number of aromatic nitrogens is 3. The van der Waals surface area contributed by atoms with E-state index in [1.807, 2.05) is 18.2 Å². The van der Waals surface area contributed by atoms with E-state index in [2.05, 4.69) is 32.2 Å². The van der Waals surface area contributed by atoms with Crippen LogP contribution in [0.15, 0.2) is 36.7 Å². The summed E-state index contributed by atoms with van der Waals surface area (Å²) >= 11 is 0. The fraction of sp³-hybridized carbons (Fsp3) is 0.429. The van der Waals surface area contributed by atoms with Gasteiger partial charge in [0.2, 0.25) is 0 Å². The Labute approximate surface area is 107 Å². The number of aryl methyl sites for hydroxylation is 1. The Hall–Kier alpha value is -1.68. The summed E-state index contributed by atoms with van der Waals surface area (Å²) in [5, 5.41) is 11.7. The van der Waals surface area contributed by atoms with Gasteiger partial charge in [-0.25, -0.2) is 0 Å². The number of nitrogens with one attached hydrogen (secondary N) is 1. The molecule has 18 heavy (non-hydrogen) atoms. The Morgan fingerprint density at radius 2 is 2.17 bits per heavy atom. The summed E-state index contributed by atoms with van der Waals surface area (Å²) in [6.45, 7) is 2.31. The largest absolute Gasteiger partial charge is 0.316 e. The van der Waals surface area contributed by atoms with E-state index >= 15 is 0 Å². The van der Waals surface area contributed by atoms with Crippen molar-refractivity contribution >= 4 is 0 Å². The molecule has 2 aromatic rings. The lowest BCUT2D eigenvalue weighted by Gasteiger charge is -2.09. The van der Waals surface area contributed by atoms with Crippen LogP contribution in [0.4, 0.5) is 0 Å². The number of benzene rings is 1. The molecule has 1 N–H and O–H groups in total. The highest BCUT2D eigenvalue weighted by atomic mass is 15.3. The summed E-state index contributed by atoms with van der Waals surface area (Å²) in [6.07, 6.45) is 5.29. The lowest BCUT2D eigenvalue weighted by molar-refractivity contribution is 0.522. The molecule has 1 fully saturated rings. The minimum atomic E-state index is 0.797. The first kappa shape index (κ1) is 11.4. The molecule has 4 heteroatoms. The van der Waals surface area contributed by atoms with Gasteiger partial charge >= 0.3 is 0 Å². The van der Waals surface area contributed by atoms with Gasteiger partial charge in [-0.05, 0) is 44.0 Å². The van der Waals surface area contributed by atoms with Gasteiger partial charge in [0.25, 0.3) is 0 Å². The van der Waals surface area contributed by atoms with Gasteiger partial charge in [-0.3, -0.25) is 4.57 Å². The van der Waals surface area contributed by atoms with Crippen LogP contribution in [0.1, 0.15) is 18.7 Å². The molecule has 0 bridgehead atoms. The summed E-state index contributed by atoms with van der Waals surface area (Å²) < 4.78 is 2.09. The second-order valence-corrected chi connectivity index (χ2v) is 4.85. The zero-order chi connectivity index (χ0) is 12.2. The van der Waals surface area contributed by atoms with Crippen LogP contribution in [0.2, 0.25) is 0 Å². The normalized spacial score (nSPS) is 19.2. The molecule has 94 valence electrons. The zero-order valence-electron chi connectivity index (χ0n) is 10.4. The van der Waals surface area contributed by atoms with Gasteiger partial charge in [0.1, 0.15) is 12.2 Å². The lowest BCUT2D eigenvalue weighted by atomic mass is 10.0. The zero-order valence-corrected chi connectivity index (χ0v) is 10.4. The molecule has 1 aliphatic heterocycles. The predicted molar refractivity (Wildman–Crippen MR) is 70.7 cm³/mol. The Morgan fingerprint density at radius 1 is 1.28 bits per heavy atom. The Bertz CT molecular complexity index is 486. The molecule has 0 radical (unpaired) electrons. The third kappa shape index (κ3) is 2.43. The average molecular weight is 242 g/mol. The molecular formula is C14H18N4. The van der Waals surface area contributed by atoms with Gasteiger partial charge in [-0.1, -0.05) is 18.2 Å². The average Bonchev–Trinajstić information content (AvgIpc) is 3.09. The molecule has 3 rings (SSSR count). The third-order valence-electron chi connectivity index (χ3n) is 3.59. The SMILES string of the molecule is c1ccc(-n2cnnc2CCC2CCNC2)cc1. The van der Waals surface area contributed by atoms with Crippen LogP contribution >= 0.6 is 0 Å². The second-order valence-electron chi connectivity index (χ2n) is 4.85. The van der Waals surface area contributed by atoms with Crippen LogP contribution in [0.3, 0.4) is 0 Å². The molecule has 1 saturated heterocycles. The fourth-order valence-corrected chi connectivity index (χ4v) is 2.53. The van der Waals surface area contributed by atoms with Gasteiger partial charge in [-0.15, -0.1) is 10.2 Å². The smallest absolute Gasteiger partial charge is 0.137 e. The number of nitrogens with zero attached hydrogens (tertiary/aromatic N) is 3. The van der Waals surface area contributed by atoms with Crippen LogP contribution in [-0.2, 0) is 6.42 Å². The van der Waals surface area contributed by atoms with Crippen molar-refractivity contribution in [1.29, 1.82) is 0 Å². The van der Waals surface area contributed by atoms with E-state index in [4.69, 9.17) is 0 Å². The molecule has 1 aromatic carbocycles. The van der Waals surface area contributed by atoms with E-state index in [9.17, 15) is 0 Å². The molecule has 1 aliphatic rings. The van der Waals surface area contributed by atoms with E-state index in [1.54, 1.807) is 6.33 Å². The molecule has 0 amide bonds. The van der Waals surface area contributed by atoms with E-state index in [0.29, 0.717) is 0 Å². The third-order valence-corrected chi connectivity index (χ3v) is 3.59. The van der Waals surface area contributed by atoms with Crippen molar-refractivity contribution in [3.8, 4) is 5.69 Å². The quantitative estimate of drug-likeness (QED) is 0.889. The molecule has 0 spiro atoms. The number of hydrogen-bond donors (Lipinski definition) is 1. The van der Waals surface area contributed by atoms with E-state index in [1.165, 1.54) is 12.8 Å². The predicted octanol–water partition coefficient (Wildman–Crippen LogP) is 1.81. The van der Waals surface area contributed by atoms with Crippen LogP contribution in [0.5, 0.6) is 0 Å². The summed E-state index contributed by atoms with van der Waals surface area (Å²) in [7, 11) is 0. The van der Waals surface area contributed by atoms with Gasteiger partial charge in [0.15, 0.2) is 0 Å².